The van der Waals surface area contributed by atoms with Crippen LogP contribution in [-0.2, 0) is 20.9 Å². The van der Waals surface area contributed by atoms with Crippen molar-refractivity contribution >= 4 is 38.9 Å². The third kappa shape index (κ3) is 8.13. The molecule has 0 saturated heterocycles. The Labute approximate surface area is 176 Å². The third-order valence-electron chi connectivity index (χ3n) is 3.23. The van der Waals surface area contributed by atoms with Crippen LogP contribution in [0.1, 0.15) is 10.6 Å². The maximum Gasteiger partial charge on any atom is 0.317 e. The summed E-state index contributed by atoms with van der Waals surface area (Å²) in [6.07, 6.45) is 0.0252. The highest BCUT2D eigenvalue weighted by atomic mass is 33.1. The molecule has 0 aliphatic heterocycles. The van der Waals surface area contributed by atoms with Crippen LogP contribution in [0, 0.1) is 27.2 Å². The SMILES string of the molecule is Cc1scnc1CC(=O)Oc1ccccc1SSC(CO[N+](=O)[O-])CO[N+](=O)[O-]. The molecule has 2 rings (SSSR count). The van der Waals surface area contributed by atoms with Crippen molar-refractivity contribution < 1.29 is 29.4 Å². The summed E-state index contributed by atoms with van der Waals surface area (Å²) < 4.78 is 5.42. The number of carbonyl (C=O) groups is 1. The number of nitrogens with zero attached hydrogens (tertiary/aromatic N) is 3. The van der Waals surface area contributed by atoms with Gasteiger partial charge in [0, 0.05) is 4.88 Å². The molecule has 0 amide bonds. The molecule has 1 aromatic heterocycles. The van der Waals surface area contributed by atoms with E-state index in [9.17, 15) is 25.0 Å². The van der Waals surface area contributed by atoms with Crippen LogP contribution < -0.4 is 4.74 Å². The molecule has 0 bridgehead atoms. The number of benzene rings is 1. The minimum absolute atomic E-state index is 0.0252. The predicted octanol–water partition coefficient (Wildman–Crippen LogP) is 3.13. The Kier molecular flexibility index (Phi) is 8.95. The van der Waals surface area contributed by atoms with E-state index in [-0.39, 0.29) is 6.42 Å². The molecule has 0 N–H and O–H groups in total. The first-order chi connectivity index (χ1) is 13.8. The Bertz CT molecular complexity index is 845. The molecule has 0 unspecified atom stereocenters. The summed E-state index contributed by atoms with van der Waals surface area (Å²) in [4.78, 5) is 47.1. The number of thiazole rings is 1. The van der Waals surface area contributed by atoms with Crippen molar-refractivity contribution in [1.29, 1.82) is 0 Å². The summed E-state index contributed by atoms with van der Waals surface area (Å²) in [5, 5.41) is 18.1. The largest absolute Gasteiger partial charge is 0.425 e. The minimum Gasteiger partial charge on any atom is -0.425 e. The molecule has 2 aromatic rings. The Morgan fingerprint density at radius 2 is 1.86 bits per heavy atom. The van der Waals surface area contributed by atoms with Gasteiger partial charge >= 0.3 is 5.97 Å². The summed E-state index contributed by atoms with van der Waals surface area (Å²) in [7, 11) is 2.20. The predicted molar refractivity (Wildman–Crippen MR) is 106 cm³/mol. The molecule has 1 aromatic carbocycles. The molecule has 11 nitrogen and oxygen atoms in total. The van der Waals surface area contributed by atoms with Gasteiger partial charge in [0.2, 0.25) is 0 Å². The smallest absolute Gasteiger partial charge is 0.317 e. The number of hydrogen-bond donors (Lipinski definition) is 0. The van der Waals surface area contributed by atoms with Gasteiger partial charge in [0.1, 0.15) is 19.0 Å². The van der Waals surface area contributed by atoms with Crippen molar-refractivity contribution in [3.63, 3.8) is 0 Å². The fourth-order valence-electron chi connectivity index (χ4n) is 1.91. The maximum atomic E-state index is 12.2. The molecule has 0 saturated carbocycles. The second-order valence-electron chi connectivity index (χ2n) is 5.29. The standard InChI is InChI=1S/C15H15N3O8S3/c1-10-12(16-9-27-10)6-15(19)26-13-4-2-3-5-14(13)29-28-11(7-24-17(20)21)8-25-18(22)23/h2-5,9,11H,6-8H2,1H3. The van der Waals surface area contributed by atoms with Gasteiger partial charge in [-0.05, 0) is 19.1 Å². The minimum atomic E-state index is -0.986. The van der Waals surface area contributed by atoms with Gasteiger partial charge in [0.05, 0.1) is 27.8 Å². The van der Waals surface area contributed by atoms with Crippen LogP contribution in [0.4, 0.5) is 0 Å². The van der Waals surface area contributed by atoms with E-state index in [0.29, 0.717) is 16.3 Å². The van der Waals surface area contributed by atoms with Gasteiger partial charge in [-0.1, -0.05) is 33.7 Å². The van der Waals surface area contributed by atoms with Gasteiger partial charge in [-0.2, -0.15) is 0 Å². The Balaban J connectivity index is 1.98. The molecular weight excluding hydrogens is 446 g/mol. The molecule has 0 fully saturated rings. The molecular formula is C15H15N3O8S3. The highest BCUT2D eigenvalue weighted by molar-refractivity contribution is 8.77. The van der Waals surface area contributed by atoms with Crippen LogP contribution in [-0.4, -0.2) is 39.6 Å². The highest BCUT2D eigenvalue weighted by Gasteiger charge is 2.18. The number of hydrogen-bond acceptors (Lipinski definition) is 12. The number of esters is 1. The lowest BCUT2D eigenvalue weighted by molar-refractivity contribution is -0.765. The Morgan fingerprint density at radius 3 is 2.45 bits per heavy atom. The van der Waals surface area contributed by atoms with Gasteiger partial charge in [0.25, 0.3) is 10.2 Å². The number of aromatic nitrogens is 1. The van der Waals surface area contributed by atoms with Gasteiger partial charge in [-0.15, -0.1) is 31.6 Å². The van der Waals surface area contributed by atoms with E-state index < -0.39 is 34.6 Å². The van der Waals surface area contributed by atoms with Crippen molar-refractivity contribution in [2.24, 2.45) is 0 Å². The lowest BCUT2D eigenvalue weighted by Gasteiger charge is -2.14. The summed E-state index contributed by atoms with van der Waals surface area (Å²) in [6.45, 7) is 1.06. The van der Waals surface area contributed by atoms with E-state index in [4.69, 9.17) is 4.74 Å². The second kappa shape index (κ2) is 11.4. The van der Waals surface area contributed by atoms with Crippen LogP contribution in [0.5, 0.6) is 5.75 Å². The van der Waals surface area contributed by atoms with Crippen LogP contribution >= 0.6 is 32.9 Å². The summed E-state index contributed by atoms with van der Waals surface area (Å²) in [6, 6.07) is 6.70. The van der Waals surface area contributed by atoms with Gasteiger partial charge in [-0.25, -0.2) is 4.98 Å². The van der Waals surface area contributed by atoms with Crippen molar-refractivity contribution in [3.8, 4) is 5.75 Å². The molecule has 0 aliphatic rings. The average Bonchev–Trinajstić information content (AvgIpc) is 3.06. The lowest BCUT2D eigenvalue weighted by Crippen LogP contribution is -2.21. The highest BCUT2D eigenvalue weighted by Crippen LogP contribution is 2.40. The molecule has 29 heavy (non-hydrogen) atoms. The monoisotopic (exact) mass is 461 g/mol. The van der Waals surface area contributed by atoms with Crippen molar-refractivity contribution in [3.05, 3.63) is 60.6 Å². The molecule has 0 radical (unpaired) electrons. The van der Waals surface area contributed by atoms with Crippen molar-refractivity contribution in [2.75, 3.05) is 13.2 Å². The zero-order valence-corrected chi connectivity index (χ0v) is 17.4. The van der Waals surface area contributed by atoms with Gasteiger partial charge < -0.3 is 14.4 Å². The molecule has 0 atom stereocenters. The first-order valence-electron chi connectivity index (χ1n) is 7.91. The van der Waals surface area contributed by atoms with Gasteiger partial charge in [0.15, 0.2) is 0 Å². The molecule has 156 valence electrons. The first-order valence-corrected chi connectivity index (χ1v) is 11.0. The van der Waals surface area contributed by atoms with Crippen LogP contribution in [0.25, 0.3) is 0 Å². The fourth-order valence-corrected chi connectivity index (χ4v) is 4.77. The Hall–Kier alpha value is -2.58. The summed E-state index contributed by atoms with van der Waals surface area (Å²) in [5.41, 5.74) is 2.30. The normalized spacial score (nSPS) is 10.6. The van der Waals surface area contributed by atoms with Crippen LogP contribution in [0.15, 0.2) is 34.7 Å². The fraction of sp³-hybridized carbons (Fsp3) is 0.333. The lowest BCUT2D eigenvalue weighted by atomic mass is 10.3. The maximum absolute atomic E-state index is 12.2. The quantitative estimate of drug-likeness (QED) is 0.151. The van der Waals surface area contributed by atoms with E-state index in [0.717, 1.165) is 26.5 Å². The van der Waals surface area contributed by atoms with E-state index in [1.54, 1.807) is 29.8 Å². The molecule has 14 heteroatoms. The van der Waals surface area contributed by atoms with Crippen LogP contribution in [0.3, 0.4) is 0 Å². The second-order valence-corrected chi connectivity index (χ2v) is 8.89. The zero-order chi connectivity index (χ0) is 21.2. The number of rotatable bonds is 12. The number of aryl methyl sites for hydroxylation is 1. The average molecular weight is 461 g/mol. The van der Waals surface area contributed by atoms with Crippen molar-refractivity contribution in [2.45, 2.75) is 23.5 Å². The summed E-state index contributed by atoms with van der Waals surface area (Å²) >= 11 is 1.43. The van der Waals surface area contributed by atoms with Crippen LogP contribution in [0.2, 0.25) is 0 Å². The Morgan fingerprint density at radius 1 is 1.21 bits per heavy atom. The molecule has 1 heterocycles. The number of ether oxygens (including phenoxy) is 1. The number of carbonyl (C=O) groups excluding carboxylic acids is 1. The molecule has 0 spiro atoms. The van der Waals surface area contributed by atoms with E-state index in [1.165, 1.54) is 11.3 Å². The van der Waals surface area contributed by atoms with E-state index in [2.05, 4.69) is 14.7 Å². The van der Waals surface area contributed by atoms with Gasteiger partial charge in [-0.3, -0.25) is 4.79 Å². The molecule has 0 aliphatic carbocycles. The van der Waals surface area contributed by atoms with E-state index in [1.807, 2.05) is 6.92 Å². The first kappa shape index (κ1) is 22.7. The topological polar surface area (TPSA) is 144 Å². The van der Waals surface area contributed by atoms with Crippen molar-refractivity contribution in [1.82, 2.24) is 4.98 Å². The number of para-hydroxylation sites is 1. The van der Waals surface area contributed by atoms with E-state index >= 15 is 0 Å². The zero-order valence-electron chi connectivity index (χ0n) is 14.9. The summed E-state index contributed by atoms with van der Waals surface area (Å²) in [5.74, 6) is -0.186. The third-order valence-corrected chi connectivity index (χ3v) is 6.84.